The number of hydrogen-bond acceptors (Lipinski definition) is 4. The number of nitrogens with zero attached hydrogens (tertiary/aromatic N) is 5. The summed E-state index contributed by atoms with van der Waals surface area (Å²) in [6.07, 6.45) is 0. The van der Waals surface area contributed by atoms with Crippen molar-refractivity contribution >= 4 is 11.0 Å². The van der Waals surface area contributed by atoms with Crippen LogP contribution in [-0.4, -0.2) is 44.6 Å². The van der Waals surface area contributed by atoms with Crippen LogP contribution in [0.2, 0.25) is 0 Å². The van der Waals surface area contributed by atoms with Crippen molar-refractivity contribution in [3.63, 3.8) is 0 Å². The van der Waals surface area contributed by atoms with Crippen molar-refractivity contribution in [2.24, 2.45) is 0 Å². The molecule has 1 fully saturated rings. The summed E-state index contributed by atoms with van der Waals surface area (Å²) in [5, 5.41) is 9.06. The molecular weight excluding hydrogens is 274 g/mol. The maximum Gasteiger partial charge on any atom is 0.114 e. The molecule has 2 heterocycles. The third kappa shape index (κ3) is 2.86. The van der Waals surface area contributed by atoms with E-state index >= 15 is 0 Å². The van der Waals surface area contributed by atoms with Crippen molar-refractivity contribution in [2.45, 2.75) is 13.2 Å². The Morgan fingerprint density at radius 2 is 1.41 bits per heavy atom. The zero-order valence-electron chi connectivity index (χ0n) is 12.5. The zero-order valence-corrected chi connectivity index (χ0v) is 12.5. The van der Waals surface area contributed by atoms with Gasteiger partial charge >= 0.3 is 0 Å². The number of aromatic nitrogens is 3. The van der Waals surface area contributed by atoms with Crippen molar-refractivity contribution < 1.29 is 0 Å². The average Bonchev–Trinajstić information content (AvgIpc) is 3.14. The molecule has 112 valence electrons. The van der Waals surface area contributed by atoms with Gasteiger partial charge in [0.1, 0.15) is 17.7 Å². The molecule has 1 aliphatic rings. The smallest absolute Gasteiger partial charge is 0.114 e. The van der Waals surface area contributed by atoms with Crippen LogP contribution in [0.3, 0.4) is 0 Å². The first-order valence-electron chi connectivity index (χ1n) is 7.65. The van der Waals surface area contributed by atoms with E-state index in [-0.39, 0.29) is 0 Å². The highest BCUT2D eigenvalue weighted by Crippen LogP contribution is 2.12. The van der Waals surface area contributed by atoms with Gasteiger partial charge in [0, 0.05) is 19.6 Å². The maximum atomic E-state index is 4.53. The summed E-state index contributed by atoms with van der Waals surface area (Å²) in [4.78, 5) is 6.64. The van der Waals surface area contributed by atoms with Gasteiger partial charge in [0.15, 0.2) is 0 Å². The molecule has 0 N–H and O–H groups in total. The highest BCUT2D eigenvalue weighted by atomic mass is 15.5. The van der Waals surface area contributed by atoms with Crippen molar-refractivity contribution in [2.75, 3.05) is 19.8 Å². The van der Waals surface area contributed by atoms with E-state index in [1.165, 1.54) is 5.56 Å². The van der Waals surface area contributed by atoms with E-state index in [1.807, 2.05) is 24.3 Å². The third-order valence-electron chi connectivity index (χ3n) is 4.04. The predicted octanol–water partition coefficient (Wildman–Crippen LogP) is 2.16. The number of fused-ring (bicyclic) bond motifs is 1. The van der Waals surface area contributed by atoms with E-state index in [9.17, 15) is 0 Å². The Morgan fingerprint density at radius 3 is 2.14 bits per heavy atom. The topological polar surface area (TPSA) is 37.2 Å². The van der Waals surface area contributed by atoms with Crippen LogP contribution >= 0.6 is 0 Å². The summed E-state index contributed by atoms with van der Waals surface area (Å²) in [5.41, 5.74) is 3.29. The molecule has 3 aromatic rings. The summed E-state index contributed by atoms with van der Waals surface area (Å²) in [5.74, 6) is 0. The molecule has 1 aromatic heterocycles. The van der Waals surface area contributed by atoms with Gasteiger partial charge in [-0.05, 0) is 17.7 Å². The van der Waals surface area contributed by atoms with Gasteiger partial charge < -0.3 is 0 Å². The predicted molar refractivity (Wildman–Crippen MR) is 86.0 cm³/mol. The Balaban J connectivity index is 1.38. The lowest BCUT2D eigenvalue weighted by Gasteiger charge is -2.17. The second-order valence-electron chi connectivity index (χ2n) is 5.78. The van der Waals surface area contributed by atoms with Crippen LogP contribution in [0.1, 0.15) is 5.56 Å². The molecule has 2 aromatic carbocycles. The highest BCUT2D eigenvalue weighted by Gasteiger charge is 2.20. The zero-order chi connectivity index (χ0) is 14.8. The molecule has 0 atom stereocenters. The Morgan fingerprint density at radius 1 is 0.773 bits per heavy atom. The van der Waals surface area contributed by atoms with Crippen LogP contribution in [0.5, 0.6) is 0 Å². The average molecular weight is 293 g/mol. The monoisotopic (exact) mass is 293 g/mol. The fourth-order valence-corrected chi connectivity index (χ4v) is 2.94. The summed E-state index contributed by atoms with van der Waals surface area (Å²) >= 11 is 0. The molecule has 0 radical (unpaired) electrons. The van der Waals surface area contributed by atoms with Gasteiger partial charge in [-0.1, -0.05) is 42.5 Å². The van der Waals surface area contributed by atoms with E-state index in [0.29, 0.717) is 0 Å². The largest absolute Gasteiger partial charge is 0.285 e. The van der Waals surface area contributed by atoms with Crippen LogP contribution in [0.25, 0.3) is 11.0 Å². The fraction of sp³-hybridized carbons (Fsp3) is 0.294. The van der Waals surface area contributed by atoms with Crippen LogP contribution in [0, 0.1) is 0 Å². The van der Waals surface area contributed by atoms with E-state index in [1.54, 1.807) is 4.80 Å². The molecule has 0 aliphatic carbocycles. The molecule has 22 heavy (non-hydrogen) atoms. The first-order valence-corrected chi connectivity index (χ1v) is 7.65. The molecule has 1 aliphatic heterocycles. The molecule has 0 spiro atoms. The van der Waals surface area contributed by atoms with Crippen molar-refractivity contribution in [1.82, 2.24) is 24.8 Å². The quantitative estimate of drug-likeness (QED) is 0.739. The van der Waals surface area contributed by atoms with Gasteiger partial charge in [-0.15, -0.1) is 0 Å². The number of rotatable bonds is 4. The Bertz CT molecular complexity index is 719. The molecule has 4 rings (SSSR count). The molecule has 0 amide bonds. The SMILES string of the molecule is c1ccc(CN2CCN(Cn3nc4ccccc4n3)C2)cc1. The standard InChI is InChI=1S/C17H19N5/c1-2-6-15(7-3-1)12-20-10-11-21(13-20)14-22-18-16-8-4-5-9-17(16)19-22/h1-9H,10-14H2. The molecule has 0 saturated carbocycles. The van der Waals surface area contributed by atoms with Crippen molar-refractivity contribution in [3.05, 3.63) is 60.2 Å². The lowest BCUT2D eigenvalue weighted by Crippen LogP contribution is -2.28. The molecule has 0 unspecified atom stereocenters. The maximum absolute atomic E-state index is 4.53. The summed E-state index contributed by atoms with van der Waals surface area (Å²) in [7, 11) is 0. The van der Waals surface area contributed by atoms with Crippen LogP contribution in [0.4, 0.5) is 0 Å². The van der Waals surface area contributed by atoms with E-state index in [2.05, 4.69) is 50.3 Å². The van der Waals surface area contributed by atoms with Gasteiger partial charge in [-0.25, -0.2) is 0 Å². The molecule has 5 heteroatoms. The third-order valence-corrected chi connectivity index (χ3v) is 4.04. The Kier molecular flexibility index (Phi) is 3.58. The molecule has 5 nitrogen and oxygen atoms in total. The first kappa shape index (κ1) is 13.4. The second-order valence-corrected chi connectivity index (χ2v) is 5.78. The van der Waals surface area contributed by atoms with Gasteiger partial charge in [0.2, 0.25) is 0 Å². The lowest BCUT2D eigenvalue weighted by atomic mass is 10.2. The fourth-order valence-electron chi connectivity index (χ4n) is 2.94. The van der Waals surface area contributed by atoms with Gasteiger partial charge in [0.05, 0.1) is 6.67 Å². The van der Waals surface area contributed by atoms with Crippen LogP contribution < -0.4 is 0 Å². The van der Waals surface area contributed by atoms with Crippen molar-refractivity contribution in [3.8, 4) is 0 Å². The first-order chi connectivity index (χ1) is 10.9. The van der Waals surface area contributed by atoms with Gasteiger partial charge in [-0.3, -0.25) is 9.80 Å². The minimum absolute atomic E-state index is 0.750. The normalized spacial score (nSPS) is 16.5. The Labute approximate surface area is 129 Å². The van der Waals surface area contributed by atoms with Crippen molar-refractivity contribution in [1.29, 1.82) is 0 Å². The van der Waals surface area contributed by atoms with Gasteiger partial charge in [0.25, 0.3) is 0 Å². The molecule has 0 bridgehead atoms. The van der Waals surface area contributed by atoms with E-state index < -0.39 is 0 Å². The minimum Gasteiger partial charge on any atom is -0.285 e. The Hall–Kier alpha value is -2.24. The lowest BCUT2D eigenvalue weighted by molar-refractivity contribution is 0.187. The number of benzene rings is 2. The van der Waals surface area contributed by atoms with E-state index in [0.717, 1.165) is 44.0 Å². The van der Waals surface area contributed by atoms with Crippen LogP contribution in [-0.2, 0) is 13.2 Å². The number of hydrogen-bond donors (Lipinski definition) is 0. The second kappa shape index (κ2) is 5.87. The van der Waals surface area contributed by atoms with E-state index in [4.69, 9.17) is 0 Å². The summed E-state index contributed by atoms with van der Waals surface area (Å²) in [6, 6.07) is 18.6. The molecule has 1 saturated heterocycles. The van der Waals surface area contributed by atoms with Gasteiger partial charge in [-0.2, -0.15) is 15.0 Å². The molecular formula is C17H19N5. The van der Waals surface area contributed by atoms with Crippen LogP contribution in [0.15, 0.2) is 54.6 Å². The highest BCUT2D eigenvalue weighted by molar-refractivity contribution is 5.72. The summed E-state index contributed by atoms with van der Waals surface area (Å²) < 4.78 is 0. The summed E-state index contributed by atoms with van der Waals surface area (Å²) in [6.45, 7) is 4.87. The minimum atomic E-state index is 0.750.